The van der Waals surface area contributed by atoms with Crippen molar-refractivity contribution in [2.24, 2.45) is 0 Å². The molecule has 0 unspecified atom stereocenters. The van der Waals surface area contributed by atoms with E-state index in [0.717, 1.165) is 31.5 Å². The molecule has 4 nitrogen and oxygen atoms in total. The fourth-order valence-electron chi connectivity index (χ4n) is 2.52. The second-order valence-electron chi connectivity index (χ2n) is 5.53. The van der Waals surface area contributed by atoms with Crippen molar-refractivity contribution in [3.8, 4) is 0 Å². The van der Waals surface area contributed by atoms with Gasteiger partial charge in [-0.15, -0.1) is 0 Å². The van der Waals surface area contributed by atoms with Gasteiger partial charge < -0.3 is 15.0 Å². The minimum Gasteiger partial charge on any atom is -0.453 e. The molecule has 1 aromatic carbocycles. The zero-order chi connectivity index (χ0) is 16.0. The molecule has 0 spiro atoms. The molecule has 0 amide bonds. The number of carbonyl (C=O) groups excluding carboxylic acids is 1. The Morgan fingerprint density at radius 1 is 1.32 bits per heavy atom. The molecule has 1 N–H and O–H groups in total. The van der Waals surface area contributed by atoms with Crippen LogP contribution in [0.2, 0.25) is 0 Å². The second-order valence-corrected chi connectivity index (χ2v) is 7.14. The topological polar surface area (TPSA) is 41.6 Å². The normalized spacial score (nSPS) is 16.8. The molecule has 22 heavy (non-hydrogen) atoms. The monoisotopic (exact) mass is 338 g/mol. The minimum absolute atomic E-state index is 0.208. The van der Waals surface area contributed by atoms with Gasteiger partial charge in [0.25, 0.3) is 0 Å². The zero-order valence-electron chi connectivity index (χ0n) is 13.0. The van der Waals surface area contributed by atoms with Gasteiger partial charge in [-0.05, 0) is 18.7 Å². The quantitative estimate of drug-likeness (QED) is 0.672. The van der Waals surface area contributed by atoms with E-state index in [9.17, 15) is 4.79 Å². The summed E-state index contributed by atoms with van der Waals surface area (Å²) in [7, 11) is 3.75. The van der Waals surface area contributed by atoms with Crippen molar-refractivity contribution in [1.82, 2.24) is 10.2 Å². The summed E-state index contributed by atoms with van der Waals surface area (Å²) in [5.74, 6) is 0.0407. The number of thioether (sulfide) groups is 1. The van der Waals surface area contributed by atoms with E-state index >= 15 is 0 Å². The number of nitrogens with zero attached hydrogens (tertiary/aromatic N) is 1. The predicted molar refractivity (Wildman–Crippen MR) is 95.1 cm³/mol. The summed E-state index contributed by atoms with van der Waals surface area (Å²) in [6.07, 6.45) is 1.59. The molecule has 0 saturated carbocycles. The van der Waals surface area contributed by atoms with Crippen molar-refractivity contribution in [1.29, 1.82) is 0 Å². The molecule has 1 aliphatic heterocycles. The summed E-state index contributed by atoms with van der Waals surface area (Å²) in [6.45, 7) is 1.71. The van der Waals surface area contributed by atoms with Gasteiger partial charge in [-0.25, -0.2) is 0 Å². The maximum absolute atomic E-state index is 12.3. The second kappa shape index (κ2) is 7.94. The lowest BCUT2D eigenvalue weighted by Crippen LogP contribution is -2.43. The highest BCUT2D eigenvalue weighted by Crippen LogP contribution is 2.35. The van der Waals surface area contributed by atoms with Crippen LogP contribution in [0.5, 0.6) is 0 Å². The van der Waals surface area contributed by atoms with E-state index in [1.54, 1.807) is 0 Å². The lowest BCUT2D eigenvalue weighted by Gasteiger charge is -2.37. The van der Waals surface area contributed by atoms with Gasteiger partial charge >= 0.3 is 5.97 Å². The van der Waals surface area contributed by atoms with Crippen LogP contribution < -0.4 is 5.32 Å². The van der Waals surface area contributed by atoms with E-state index in [1.165, 1.54) is 11.8 Å². The molecule has 1 saturated heterocycles. The SMILES string of the molecule is CN(C)C(=S)SCC(=O)OC1(c2ccccc2)CCNCC1. The van der Waals surface area contributed by atoms with E-state index in [0.29, 0.717) is 4.32 Å². The summed E-state index contributed by atoms with van der Waals surface area (Å²) in [4.78, 5) is 14.1. The number of carbonyl (C=O) groups is 1. The van der Waals surface area contributed by atoms with Gasteiger partial charge in [0.15, 0.2) is 0 Å². The highest BCUT2D eigenvalue weighted by molar-refractivity contribution is 8.23. The third kappa shape index (κ3) is 4.44. The molecule has 0 radical (unpaired) electrons. The maximum Gasteiger partial charge on any atom is 0.317 e. The Balaban J connectivity index is 2.04. The van der Waals surface area contributed by atoms with Gasteiger partial charge in [-0.3, -0.25) is 4.79 Å². The van der Waals surface area contributed by atoms with Crippen LogP contribution in [0.4, 0.5) is 0 Å². The average molecular weight is 338 g/mol. The molecule has 120 valence electrons. The van der Waals surface area contributed by atoms with Crippen LogP contribution in [0.15, 0.2) is 30.3 Å². The van der Waals surface area contributed by atoms with Crippen LogP contribution in [0, 0.1) is 0 Å². The number of esters is 1. The number of rotatable bonds is 4. The predicted octanol–water partition coefficient (Wildman–Crippen LogP) is 2.39. The molecule has 1 aliphatic rings. The van der Waals surface area contributed by atoms with Gasteiger partial charge in [0.05, 0.1) is 5.75 Å². The number of hydrogen-bond donors (Lipinski definition) is 1. The van der Waals surface area contributed by atoms with E-state index in [1.807, 2.05) is 49.3 Å². The van der Waals surface area contributed by atoms with Crippen LogP contribution >= 0.6 is 24.0 Å². The lowest BCUT2D eigenvalue weighted by molar-refractivity contribution is -0.160. The Morgan fingerprint density at radius 3 is 2.55 bits per heavy atom. The first kappa shape index (κ1) is 17.2. The van der Waals surface area contributed by atoms with Gasteiger partial charge in [0.1, 0.15) is 9.92 Å². The third-order valence-electron chi connectivity index (χ3n) is 3.70. The molecule has 1 aromatic rings. The summed E-state index contributed by atoms with van der Waals surface area (Å²) >= 11 is 6.54. The van der Waals surface area contributed by atoms with E-state index in [-0.39, 0.29) is 11.7 Å². The largest absolute Gasteiger partial charge is 0.453 e. The summed E-state index contributed by atoms with van der Waals surface area (Å²) in [5, 5.41) is 3.32. The number of nitrogens with one attached hydrogen (secondary N) is 1. The first-order chi connectivity index (χ1) is 10.5. The molecule has 0 atom stereocenters. The number of benzene rings is 1. The third-order valence-corrected chi connectivity index (χ3v) is 5.41. The fraction of sp³-hybridized carbons (Fsp3) is 0.500. The number of ether oxygens (including phenoxy) is 1. The first-order valence-electron chi connectivity index (χ1n) is 7.36. The van der Waals surface area contributed by atoms with E-state index in [2.05, 4.69) is 5.32 Å². The Kier molecular flexibility index (Phi) is 6.23. The molecule has 2 rings (SSSR count). The fourth-order valence-corrected chi connectivity index (χ4v) is 3.25. The van der Waals surface area contributed by atoms with E-state index < -0.39 is 5.60 Å². The minimum atomic E-state index is -0.510. The van der Waals surface area contributed by atoms with Gasteiger partial charge in [0.2, 0.25) is 0 Å². The summed E-state index contributed by atoms with van der Waals surface area (Å²) in [6, 6.07) is 10.0. The van der Waals surface area contributed by atoms with Gasteiger partial charge in [-0.1, -0.05) is 54.3 Å². The zero-order valence-corrected chi connectivity index (χ0v) is 14.6. The summed E-state index contributed by atoms with van der Waals surface area (Å²) < 4.78 is 6.61. The number of thiocarbonyl (C=S) groups is 1. The van der Waals surface area contributed by atoms with Crippen LogP contribution in [0.25, 0.3) is 0 Å². The highest BCUT2D eigenvalue weighted by atomic mass is 32.2. The number of hydrogen-bond acceptors (Lipinski definition) is 5. The summed E-state index contributed by atoms with van der Waals surface area (Å²) in [5.41, 5.74) is 0.564. The molecular weight excluding hydrogens is 316 g/mol. The van der Waals surface area contributed by atoms with Crippen molar-refractivity contribution in [3.63, 3.8) is 0 Å². The first-order valence-corrected chi connectivity index (χ1v) is 8.75. The van der Waals surface area contributed by atoms with Crippen LogP contribution in [0.3, 0.4) is 0 Å². The molecule has 0 aliphatic carbocycles. The lowest BCUT2D eigenvalue weighted by atomic mass is 9.85. The smallest absolute Gasteiger partial charge is 0.317 e. The molecule has 6 heteroatoms. The molecule has 0 bridgehead atoms. The average Bonchev–Trinajstić information content (AvgIpc) is 2.54. The van der Waals surface area contributed by atoms with Crippen LogP contribution in [-0.4, -0.2) is 48.1 Å². The Hall–Kier alpha value is -1.11. The van der Waals surface area contributed by atoms with Crippen molar-refractivity contribution < 1.29 is 9.53 Å². The van der Waals surface area contributed by atoms with Crippen molar-refractivity contribution >= 4 is 34.3 Å². The maximum atomic E-state index is 12.3. The molecule has 1 heterocycles. The Morgan fingerprint density at radius 2 is 1.95 bits per heavy atom. The van der Waals surface area contributed by atoms with Gasteiger partial charge in [0, 0.05) is 26.9 Å². The van der Waals surface area contributed by atoms with E-state index in [4.69, 9.17) is 17.0 Å². The molecule has 0 aromatic heterocycles. The standard InChI is InChI=1S/C16H22N2O2S2/c1-18(2)15(21)22-12-14(19)20-16(8-10-17-11-9-16)13-6-4-3-5-7-13/h3-7,17H,8-12H2,1-2H3. The van der Waals surface area contributed by atoms with Gasteiger partial charge in [-0.2, -0.15) is 0 Å². The van der Waals surface area contributed by atoms with Crippen molar-refractivity contribution in [3.05, 3.63) is 35.9 Å². The van der Waals surface area contributed by atoms with Crippen molar-refractivity contribution in [2.75, 3.05) is 32.9 Å². The van der Waals surface area contributed by atoms with Crippen LogP contribution in [-0.2, 0) is 15.1 Å². The number of piperidine rings is 1. The molecular formula is C16H22N2O2S2. The Labute approximate surface area is 141 Å². The van der Waals surface area contributed by atoms with Crippen LogP contribution in [0.1, 0.15) is 18.4 Å². The molecule has 1 fully saturated rings. The highest BCUT2D eigenvalue weighted by Gasteiger charge is 2.37. The van der Waals surface area contributed by atoms with Crippen molar-refractivity contribution in [2.45, 2.75) is 18.4 Å². The Bertz CT molecular complexity index is 514.